The molecule has 0 aromatic heterocycles. The van der Waals surface area contributed by atoms with E-state index in [1.807, 2.05) is 6.92 Å². The molecule has 4 nitrogen and oxygen atoms in total. The Morgan fingerprint density at radius 3 is 1.53 bits per heavy atom. The van der Waals surface area contributed by atoms with Crippen molar-refractivity contribution >= 4 is 11.6 Å². The minimum Gasteiger partial charge on any atom is -0.492 e. The van der Waals surface area contributed by atoms with Crippen molar-refractivity contribution in [3.8, 4) is 23.0 Å². The molecule has 0 unspecified atom stereocenters. The number of alkyl halides is 1. The first-order valence-electron chi connectivity index (χ1n) is 5.07. The SMILES string of the molecule is COc1c(C)c(CCl)c(OC)c(OC)c1OC. The van der Waals surface area contributed by atoms with Crippen LogP contribution in [0, 0.1) is 6.92 Å². The Morgan fingerprint density at radius 2 is 1.18 bits per heavy atom. The van der Waals surface area contributed by atoms with Crippen LogP contribution in [0.2, 0.25) is 0 Å². The normalized spacial score (nSPS) is 10.0. The summed E-state index contributed by atoms with van der Waals surface area (Å²) in [7, 11) is 6.25. The number of halogens is 1. The first-order valence-corrected chi connectivity index (χ1v) is 5.60. The minimum atomic E-state index is 0.311. The second kappa shape index (κ2) is 5.87. The maximum absolute atomic E-state index is 5.94. The fourth-order valence-electron chi connectivity index (χ4n) is 1.81. The van der Waals surface area contributed by atoms with E-state index in [9.17, 15) is 0 Å². The van der Waals surface area contributed by atoms with Gasteiger partial charge in [0.1, 0.15) is 0 Å². The van der Waals surface area contributed by atoms with Crippen molar-refractivity contribution in [1.82, 2.24) is 0 Å². The molecular formula is C12H17ClO4. The van der Waals surface area contributed by atoms with Crippen LogP contribution in [0.4, 0.5) is 0 Å². The van der Waals surface area contributed by atoms with Crippen LogP contribution < -0.4 is 18.9 Å². The summed E-state index contributed by atoms with van der Waals surface area (Å²) in [5.41, 5.74) is 1.72. The molecule has 0 amide bonds. The van der Waals surface area contributed by atoms with Crippen molar-refractivity contribution in [2.24, 2.45) is 0 Å². The van der Waals surface area contributed by atoms with Gasteiger partial charge in [-0.1, -0.05) is 0 Å². The third-order valence-electron chi connectivity index (χ3n) is 2.64. The molecule has 0 aliphatic carbocycles. The fraction of sp³-hybridized carbons (Fsp3) is 0.500. The zero-order valence-electron chi connectivity index (χ0n) is 10.7. The third-order valence-corrected chi connectivity index (χ3v) is 2.90. The van der Waals surface area contributed by atoms with Crippen molar-refractivity contribution in [2.45, 2.75) is 12.8 Å². The van der Waals surface area contributed by atoms with Crippen LogP contribution in [-0.4, -0.2) is 28.4 Å². The van der Waals surface area contributed by atoms with Gasteiger partial charge in [0.25, 0.3) is 0 Å². The highest BCUT2D eigenvalue weighted by atomic mass is 35.5. The zero-order valence-corrected chi connectivity index (χ0v) is 11.5. The molecule has 0 aliphatic rings. The summed E-state index contributed by atoms with van der Waals surface area (Å²) >= 11 is 5.94. The number of rotatable bonds is 5. The Bertz CT molecular complexity index is 371. The molecule has 1 rings (SSSR count). The molecule has 1 aromatic rings. The lowest BCUT2D eigenvalue weighted by Crippen LogP contribution is -2.03. The lowest BCUT2D eigenvalue weighted by Gasteiger charge is -2.20. The van der Waals surface area contributed by atoms with Crippen molar-refractivity contribution in [3.05, 3.63) is 11.1 Å². The van der Waals surface area contributed by atoms with Gasteiger partial charge in [-0.2, -0.15) is 0 Å². The summed E-state index contributed by atoms with van der Waals surface area (Å²) < 4.78 is 21.3. The molecule has 0 spiro atoms. The summed E-state index contributed by atoms with van der Waals surface area (Å²) in [4.78, 5) is 0. The van der Waals surface area contributed by atoms with E-state index in [4.69, 9.17) is 30.5 Å². The van der Waals surface area contributed by atoms with Crippen LogP contribution in [0.1, 0.15) is 11.1 Å². The number of methoxy groups -OCH3 is 4. The molecule has 0 fully saturated rings. The summed E-state index contributed by atoms with van der Waals surface area (Å²) in [6.07, 6.45) is 0. The standard InChI is InChI=1S/C12H17ClO4/c1-7-8(6-13)10(15-3)12(17-5)11(16-4)9(7)14-2/h6H2,1-5H3. The van der Waals surface area contributed by atoms with Gasteiger partial charge in [0.2, 0.25) is 11.5 Å². The molecule has 0 saturated heterocycles. The average Bonchev–Trinajstić information content (AvgIpc) is 2.36. The van der Waals surface area contributed by atoms with Crippen molar-refractivity contribution < 1.29 is 18.9 Å². The Kier molecular flexibility index (Phi) is 4.75. The Balaban J connectivity index is 3.66. The average molecular weight is 261 g/mol. The van der Waals surface area contributed by atoms with Crippen LogP contribution in [0.5, 0.6) is 23.0 Å². The summed E-state index contributed by atoms with van der Waals surface area (Å²) in [6.45, 7) is 1.90. The van der Waals surface area contributed by atoms with Gasteiger partial charge in [-0.25, -0.2) is 0 Å². The van der Waals surface area contributed by atoms with Crippen LogP contribution in [0.15, 0.2) is 0 Å². The second-order valence-electron chi connectivity index (χ2n) is 3.37. The first kappa shape index (κ1) is 13.8. The van der Waals surface area contributed by atoms with Gasteiger partial charge in [-0.05, 0) is 6.92 Å². The Morgan fingerprint density at radius 1 is 0.765 bits per heavy atom. The molecular weight excluding hydrogens is 244 g/mol. The van der Waals surface area contributed by atoms with Gasteiger partial charge in [0.05, 0.1) is 34.3 Å². The third kappa shape index (κ3) is 2.22. The van der Waals surface area contributed by atoms with Crippen LogP contribution >= 0.6 is 11.6 Å². The number of hydrogen-bond donors (Lipinski definition) is 0. The van der Waals surface area contributed by atoms with E-state index in [2.05, 4.69) is 0 Å². The largest absolute Gasteiger partial charge is 0.492 e. The van der Waals surface area contributed by atoms with Gasteiger partial charge < -0.3 is 18.9 Å². The molecule has 0 saturated carbocycles. The van der Waals surface area contributed by atoms with E-state index in [1.54, 1.807) is 28.4 Å². The molecule has 0 aliphatic heterocycles. The fourth-order valence-corrected chi connectivity index (χ4v) is 2.14. The van der Waals surface area contributed by atoms with Gasteiger partial charge >= 0.3 is 0 Å². The quantitative estimate of drug-likeness (QED) is 0.763. The molecule has 0 radical (unpaired) electrons. The number of ether oxygens (including phenoxy) is 4. The van der Waals surface area contributed by atoms with Gasteiger partial charge in [-0.3, -0.25) is 0 Å². The van der Waals surface area contributed by atoms with Crippen molar-refractivity contribution in [3.63, 3.8) is 0 Å². The summed E-state index contributed by atoms with van der Waals surface area (Å²) in [6, 6.07) is 0. The van der Waals surface area contributed by atoms with Crippen LogP contribution in [0.3, 0.4) is 0 Å². The van der Waals surface area contributed by atoms with E-state index < -0.39 is 0 Å². The summed E-state index contributed by atoms with van der Waals surface area (Å²) in [5.74, 6) is 2.51. The molecule has 96 valence electrons. The Hall–Kier alpha value is -1.29. The van der Waals surface area contributed by atoms with Gasteiger partial charge in [0.15, 0.2) is 11.5 Å². The second-order valence-corrected chi connectivity index (χ2v) is 3.64. The van der Waals surface area contributed by atoms with Crippen molar-refractivity contribution in [2.75, 3.05) is 28.4 Å². The molecule has 1 aromatic carbocycles. The number of benzene rings is 1. The Labute approximate surface area is 106 Å². The molecule has 0 atom stereocenters. The highest BCUT2D eigenvalue weighted by molar-refractivity contribution is 6.17. The lowest BCUT2D eigenvalue weighted by molar-refractivity contribution is 0.303. The topological polar surface area (TPSA) is 36.9 Å². The maximum Gasteiger partial charge on any atom is 0.207 e. The van der Waals surface area contributed by atoms with Crippen molar-refractivity contribution in [1.29, 1.82) is 0 Å². The zero-order chi connectivity index (χ0) is 13.0. The van der Waals surface area contributed by atoms with Gasteiger partial charge in [0, 0.05) is 11.1 Å². The predicted octanol–water partition coefficient (Wildman–Crippen LogP) is 2.77. The molecule has 0 bridgehead atoms. The molecule has 5 heteroatoms. The molecule has 0 N–H and O–H groups in total. The van der Waals surface area contributed by atoms with Gasteiger partial charge in [-0.15, -0.1) is 11.6 Å². The maximum atomic E-state index is 5.94. The first-order chi connectivity index (χ1) is 8.15. The number of hydrogen-bond acceptors (Lipinski definition) is 4. The predicted molar refractivity (Wildman–Crippen MR) is 66.9 cm³/mol. The van der Waals surface area contributed by atoms with E-state index in [0.717, 1.165) is 11.1 Å². The van der Waals surface area contributed by atoms with E-state index in [0.29, 0.717) is 28.9 Å². The minimum absolute atomic E-state index is 0.311. The summed E-state index contributed by atoms with van der Waals surface area (Å²) in [5, 5.41) is 0. The molecule has 0 heterocycles. The highest BCUT2D eigenvalue weighted by Crippen LogP contribution is 2.49. The monoisotopic (exact) mass is 260 g/mol. The van der Waals surface area contributed by atoms with E-state index in [-0.39, 0.29) is 0 Å². The lowest BCUT2D eigenvalue weighted by atomic mass is 10.1. The van der Waals surface area contributed by atoms with E-state index >= 15 is 0 Å². The highest BCUT2D eigenvalue weighted by Gasteiger charge is 2.24. The van der Waals surface area contributed by atoms with Crippen LogP contribution in [0.25, 0.3) is 0 Å². The molecule has 17 heavy (non-hydrogen) atoms. The smallest absolute Gasteiger partial charge is 0.207 e. The van der Waals surface area contributed by atoms with E-state index in [1.165, 1.54) is 0 Å². The van der Waals surface area contributed by atoms with Crippen LogP contribution in [-0.2, 0) is 5.88 Å².